The van der Waals surface area contributed by atoms with E-state index in [1.807, 2.05) is 24.3 Å². The van der Waals surface area contributed by atoms with Crippen molar-refractivity contribution in [1.82, 2.24) is 10.3 Å². The van der Waals surface area contributed by atoms with Crippen molar-refractivity contribution in [1.29, 1.82) is 0 Å². The van der Waals surface area contributed by atoms with Gasteiger partial charge in [-0.1, -0.05) is 25.0 Å². The zero-order valence-electron chi connectivity index (χ0n) is 14.0. The number of ether oxygens (including phenoxy) is 1. The molecule has 130 valence electrons. The van der Waals surface area contributed by atoms with Gasteiger partial charge in [-0.05, 0) is 42.7 Å². The highest BCUT2D eigenvalue weighted by Crippen LogP contribution is 2.39. The predicted molar refractivity (Wildman–Crippen MR) is 91.8 cm³/mol. The van der Waals surface area contributed by atoms with Gasteiger partial charge in [0.2, 0.25) is 0 Å². The van der Waals surface area contributed by atoms with E-state index in [0.717, 1.165) is 37.0 Å². The summed E-state index contributed by atoms with van der Waals surface area (Å²) in [6.45, 7) is 0. The van der Waals surface area contributed by atoms with Crippen molar-refractivity contribution in [2.24, 2.45) is 0 Å². The Hall–Kier alpha value is -2.89. The second kappa shape index (κ2) is 6.93. The predicted octanol–water partition coefficient (Wildman–Crippen LogP) is 2.99. The normalized spacial score (nSPS) is 15.6. The van der Waals surface area contributed by atoms with Crippen molar-refractivity contribution >= 4 is 11.9 Å². The number of nitrogens with one attached hydrogen (secondary N) is 1. The molecule has 6 nitrogen and oxygen atoms in total. The molecule has 1 saturated carbocycles. The summed E-state index contributed by atoms with van der Waals surface area (Å²) >= 11 is 0. The Kier molecular flexibility index (Phi) is 4.70. The number of pyridine rings is 1. The number of carbonyl (C=O) groups excluding carboxylic acids is 1. The van der Waals surface area contributed by atoms with Gasteiger partial charge in [0.05, 0.1) is 12.6 Å². The molecular weight excluding hydrogens is 320 g/mol. The minimum absolute atomic E-state index is 0.141. The van der Waals surface area contributed by atoms with Crippen LogP contribution in [0.5, 0.6) is 5.75 Å². The van der Waals surface area contributed by atoms with Crippen LogP contribution in [-0.2, 0) is 5.54 Å². The highest BCUT2D eigenvalue weighted by Gasteiger charge is 2.37. The van der Waals surface area contributed by atoms with E-state index in [9.17, 15) is 9.59 Å². The Morgan fingerprint density at radius 3 is 2.44 bits per heavy atom. The largest absolute Gasteiger partial charge is 0.497 e. The SMILES string of the molecule is COc1ccc(C2(NC(=O)c3ccnc(C(=O)O)c3)CCCC2)cc1. The molecule has 0 radical (unpaired) electrons. The number of aromatic carboxylic acids is 1. The van der Waals surface area contributed by atoms with E-state index in [1.54, 1.807) is 7.11 Å². The van der Waals surface area contributed by atoms with Crippen LogP contribution in [-0.4, -0.2) is 29.1 Å². The van der Waals surface area contributed by atoms with Crippen LogP contribution in [0, 0.1) is 0 Å². The first-order valence-corrected chi connectivity index (χ1v) is 8.20. The molecule has 2 aromatic rings. The number of rotatable bonds is 5. The lowest BCUT2D eigenvalue weighted by atomic mass is 9.87. The Balaban J connectivity index is 1.87. The van der Waals surface area contributed by atoms with Gasteiger partial charge < -0.3 is 15.2 Å². The van der Waals surface area contributed by atoms with Gasteiger partial charge in [-0.3, -0.25) is 4.79 Å². The number of carboxylic acid groups (broad SMARTS) is 1. The summed E-state index contributed by atoms with van der Waals surface area (Å²) < 4.78 is 5.20. The van der Waals surface area contributed by atoms with Gasteiger partial charge in [-0.15, -0.1) is 0 Å². The van der Waals surface area contributed by atoms with E-state index in [-0.39, 0.29) is 11.6 Å². The molecule has 1 heterocycles. The van der Waals surface area contributed by atoms with Gasteiger partial charge in [0.15, 0.2) is 0 Å². The van der Waals surface area contributed by atoms with Crippen LogP contribution in [0.15, 0.2) is 42.6 Å². The zero-order chi connectivity index (χ0) is 17.9. The molecule has 0 unspecified atom stereocenters. The maximum atomic E-state index is 12.7. The molecule has 0 spiro atoms. The summed E-state index contributed by atoms with van der Waals surface area (Å²) in [6, 6.07) is 10.5. The third-order valence-electron chi connectivity index (χ3n) is 4.69. The molecule has 0 atom stereocenters. The van der Waals surface area contributed by atoms with Gasteiger partial charge in [0.1, 0.15) is 11.4 Å². The molecule has 0 aliphatic heterocycles. The average molecular weight is 340 g/mol. The first-order valence-electron chi connectivity index (χ1n) is 8.20. The van der Waals surface area contributed by atoms with Gasteiger partial charge in [0.25, 0.3) is 5.91 Å². The van der Waals surface area contributed by atoms with Crippen LogP contribution in [0.2, 0.25) is 0 Å². The Morgan fingerprint density at radius 2 is 1.84 bits per heavy atom. The van der Waals surface area contributed by atoms with Crippen LogP contribution >= 0.6 is 0 Å². The van der Waals surface area contributed by atoms with Crippen molar-refractivity contribution in [3.8, 4) is 5.75 Å². The zero-order valence-corrected chi connectivity index (χ0v) is 14.0. The van der Waals surface area contributed by atoms with E-state index < -0.39 is 11.5 Å². The molecule has 0 bridgehead atoms. The number of hydrogen-bond donors (Lipinski definition) is 2. The molecule has 1 aliphatic carbocycles. The first-order chi connectivity index (χ1) is 12.0. The Labute approximate surface area is 145 Å². The van der Waals surface area contributed by atoms with E-state index in [4.69, 9.17) is 9.84 Å². The smallest absolute Gasteiger partial charge is 0.354 e. The number of benzene rings is 1. The Morgan fingerprint density at radius 1 is 1.16 bits per heavy atom. The minimum Gasteiger partial charge on any atom is -0.497 e. The third kappa shape index (κ3) is 3.47. The van der Waals surface area contributed by atoms with Crippen molar-refractivity contribution in [2.75, 3.05) is 7.11 Å². The maximum Gasteiger partial charge on any atom is 0.354 e. The van der Waals surface area contributed by atoms with Gasteiger partial charge >= 0.3 is 5.97 Å². The fraction of sp³-hybridized carbons (Fsp3) is 0.316. The number of aromatic nitrogens is 1. The molecule has 0 saturated heterocycles. The number of hydrogen-bond acceptors (Lipinski definition) is 4. The molecule has 1 aliphatic rings. The first kappa shape index (κ1) is 17.0. The summed E-state index contributed by atoms with van der Waals surface area (Å²) in [6.07, 6.45) is 5.10. The topological polar surface area (TPSA) is 88.5 Å². The van der Waals surface area contributed by atoms with Crippen LogP contribution in [0.4, 0.5) is 0 Å². The third-order valence-corrected chi connectivity index (χ3v) is 4.69. The lowest BCUT2D eigenvalue weighted by Crippen LogP contribution is -2.43. The van der Waals surface area contributed by atoms with E-state index in [1.165, 1.54) is 18.3 Å². The fourth-order valence-corrected chi connectivity index (χ4v) is 3.35. The van der Waals surface area contributed by atoms with Crippen LogP contribution in [0.25, 0.3) is 0 Å². The van der Waals surface area contributed by atoms with Gasteiger partial charge in [-0.2, -0.15) is 0 Å². The number of nitrogens with zero attached hydrogens (tertiary/aromatic N) is 1. The molecule has 3 rings (SSSR count). The maximum absolute atomic E-state index is 12.7. The number of carboxylic acids is 1. The van der Waals surface area contributed by atoms with Crippen molar-refractivity contribution in [3.05, 3.63) is 59.4 Å². The van der Waals surface area contributed by atoms with E-state index in [0.29, 0.717) is 5.56 Å². The number of methoxy groups -OCH3 is 1. The molecule has 1 fully saturated rings. The molecule has 6 heteroatoms. The van der Waals surface area contributed by atoms with Crippen molar-refractivity contribution < 1.29 is 19.4 Å². The lowest BCUT2D eigenvalue weighted by Gasteiger charge is -2.31. The molecule has 1 amide bonds. The van der Waals surface area contributed by atoms with Crippen molar-refractivity contribution in [2.45, 2.75) is 31.2 Å². The van der Waals surface area contributed by atoms with Crippen LogP contribution < -0.4 is 10.1 Å². The standard InChI is InChI=1S/C19H20N2O4/c1-25-15-6-4-14(5-7-15)19(9-2-3-10-19)21-17(22)13-8-11-20-16(12-13)18(23)24/h4-8,11-12H,2-3,9-10H2,1H3,(H,21,22)(H,23,24). The average Bonchev–Trinajstić information content (AvgIpc) is 3.11. The van der Waals surface area contributed by atoms with E-state index in [2.05, 4.69) is 10.3 Å². The van der Waals surface area contributed by atoms with Gasteiger partial charge in [0, 0.05) is 11.8 Å². The number of carbonyl (C=O) groups is 2. The van der Waals surface area contributed by atoms with Gasteiger partial charge in [-0.25, -0.2) is 9.78 Å². The summed E-state index contributed by atoms with van der Waals surface area (Å²) in [7, 11) is 1.62. The second-order valence-corrected chi connectivity index (χ2v) is 6.21. The minimum atomic E-state index is -1.15. The fourth-order valence-electron chi connectivity index (χ4n) is 3.35. The highest BCUT2D eigenvalue weighted by molar-refractivity contribution is 5.97. The quantitative estimate of drug-likeness (QED) is 0.873. The van der Waals surface area contributed by atoms with E-state index >= 15 is 0 Å². The summed E-state index contributed by atoms with van der Waals surface area (Å²) in [5.74, 6) is -0.675. The molecule has 25 heavy (non-hydrogen) atoms. The lowest BCUT2D eigenvalue weighted by molar-refractivity contribution is 0.0690. The summed E-state index contributed by atoms with van der Waals surface area (Å²) in [4.78, 5) is 27.5. The van der Waals surface area contributed by atoms with Crippen LogP contribution in [0.1, 0.15) is 52.1 Å². The highest BCUT2D eigenvalue weighted by atomic mass is 16.5. The molecule has 2 N–H and O–H groups in total. The summed E-state index contributed by atoms with van der Waals surface area (Å²) in [5.41, 5.74) is 0.757. The second-order valence-electron chi connectivity index (χ2n) is 6.21. The Bertz CT molecular complexity index is 780. The monoisotopic (exact) mass is 340 g/mol. The molecule has 1 aromatic carbocycles. The van der Waals surface area contributed by atoms with Crippen LogP contribution in [0.3, 0.4) is 0 Å². The van der Waals surface area contributed by atoms with Crippen molar-refractivity contribution in [3.63, 3.8) is 0 Å². The molecule has 1 aromatic heterocycles. The number of amides is 1. The molecular formula is C19H20N2O4. The summed E-state index contributed by atoms with van der Waals surface area (Å²) in [5, 5.41) is 12.2.